The average Bonchev–Trinajstić information content (AvgIpc) is 2.84. The molecule has 0 fully saturated rings. The molecular formula is C12H20N2O2S. The Labute approximate surface area is 106 Å². The van der Waals surface area contributed by atoms with Crippen LogP contribution in [0.25, 0.3) is 0 Å². The molecule has 4 nitrogen and oxygen atoms in total. The van der Waals surface area contributed by atoms with Crippen molar-refractivity contribution in [1.82, 2.24) is 10.6 Å². The first-order valence-electron chi connectivity index (χ1n) is 5.80. The highest BCUT2D eigenvalue weighted by Crippen LogP contribution is 2.21. The molecule has 17 heavy (non-hydrogen) atoms. The van der Waals surface area contributed by atoms with E-state index in [9.17, 15) is 4.79 Å². The van der Waals surface area contributed by atoms with Gasteiger partial charge in [-0.15, -0.1) is 11.3 Å². The second-order valence-electron chi connectivity index (χ2n) is 3.70. The number of hydrogen-bond acceptors (Lipinski definition) is 4. The third-order valence-corrected chi connectivity index (χ3v) is 3.42. The normalized spacial score (nSPS) is 12.4. The van der Waals surface area contributed by atoms with Gasteiger partial charge in [-0.3, -0.25) is 4.79 Å². The summed E-state index contributed by atoms with van der Waals surface area (Å²) in [4.78, 5) is 12.8. The number of rotatable bonds is 8. The third kappa shape index (κ3) is 5.30. The Balaban J connectivity index is 2.26. The summed E-state index contributed by atoms with van der Waals surface area (Å²) < 4.78 is 4.86. The maximum absolute atomic E-state index is 11.5. The van der Waals surface area contributed by atoms with Crippen LogP contribution in [0.1, 0.15) is 24.3 Å². The topological polar surface area (TPSA) is 50.4 Å². The molecule has 2 N–H and O–H groups in total. The van der Waals surface area contributed by atoms with E-state index in [-0.39, 0.29) is 11.9 Å². The van der Waals surface area contributed by atoms with Crippen molar-refractivity contribution in [2.75, 3.05) is 26.8 Å². The van der Waals surface area contributed by atoms with Gasteiger partial charge in [0.25, 0.3) is 0 Å². The van der Waals surface area contributed by atoms with Crippen LogP contribution in [0.4, 0.5) is 0 Å². The van der Waals surface area contributed by atoms with Gasteiger partial charge in [-0.2, -0.15) is 0 Å². The molecule has 0 saturated carbocycles. The number of methoxy groups -OCH3 is 1. The number of amides is 1. The lowest BCUT2D eigenvalue weighted by Crippen LogP contribution is -2.36. The molecular weight excluding hydrogens is 236 g/mol. The van der Waals surface area contributed by atoms with Crippen LogP contribution in [0.5, 0.6) is 0 Å². The van der Waals surface area contributed by atoms with Crippen LogP contribution in [0.15, 0.2) is 17.5 Å². The molecule has 1 rings (SSSR count). The SMILES string of the molecule is CCC(NCC(=O)NCCOC)c1cccs1. The van der Waals surface area contributed by atoms with Crippen molar-refractivity contribution in [3.05, 3.63) is 22.4 Å². The summed E-state index contributed by atoms with van der Waals surface area (Å²) in [7, 11) is 1.62. The molecule has 0 spiro atoms. The molecule has 5 heteroatoms. The summed E-state index contributed by atoms with van der Waals surface area (Å²) in [6.07, 6.45) is 0.978. The third-order valence-electron chi connectivity index (χ3n) is 2.43. The van der Waals surface area contributed by atoms with Crippen LogP contribution in [-0.2, 0) is 9.53 Å². The first kappa shape index (κ1) is 14.2. The number of carbonyl (C=O) groups is 1. The van der Waals surface area contributed by atoms with E-state index in [1.807, 2.05) is 6.07 Å². The Morgan fingerprint density at radius 3 is 3.00 bits per heavy atom. The maximum atomic E-state index is 11.5. The molecule has 0 aliphatic rings. The minimum absolute atomic E-state index is 0.0112. The lowest BCUT2D eigenvalue weighted by atomic mass is 10.2. The highest BCUT2D eigenvalue weighted by molar-refractivity contribution is 7.10. The van der Waals surface area contributed by atoms with Gasteiger partial charge in [0, 0.05) is 24.6 Å². The van der Waals surface area contributed by atoms with E-state index in [0.717, 1.165) is 6.42 Å². The number of carbonyl (C=O) groups excluding carboxylic acids is 1. The fourth-order valence-electron chi connectivity index (χ4n) is 1.51. The summed E-state index contributed by atoms with van der Waals surface area (Å²) in [5.74, 6) is 0.0112. The maximum Gasteiger partial charge on any atom is 0.234 e. The molecule has 0 saturated heterocycles. The number of ether oxygens (including phenoxy) is 1. The van der Waals surface area contributed by atoms with E-state index >= 15 is 0 Å². The minimum Gasteiger partial charge on any atom is -0.383 e. The van der Waals surface area contributed by atoms with Crippen molar-refractivity contribution in [2.24, 2.45) is 0 Å². The largest absolute Gasteiger partial charge is 0.383 e. The molecule has 1 unspecified atom stereocenters. The molecule has 1 amide bonds. The van der Waals surface area contributed by atoms with Gasteiger partial charge in [0.1, 0.15) is 0 Å². The van der Waals surface area contributed by atoms with E-state index in [4.69, 9.17) is 4.74 Å². The number of hydrogen-bond donors (Lipinski definition) is 2. The first-order valence-corrected chi connectivity index (χ1v) is 6.68. The highest BCUT2D eigenvalue weighted by Gasteiger charge is 2.11. The second kappa shape index (κ2) is 8.22. The Morgan fingerprint density at radius 1 is 1.59 bits per heavy atom. The van der Waals surface area contributed by atoms with Crippen LogP contribution < -0.4 is 10.6 Å². The van der Waals surface area contributed by atoms with Crippen molar-refractivity contribution < 1.29 is 9.53 Å². The molecule has 0 aromatic carbocycles. The molecule has 1 atom stereocenters. The van der Waals surface area contributed by atoms with Crippen LogP contribution in [0.3, 0.4) is 0 Å². The van der Waals surface area contributed by atoms with E-state index in [1.165, 1.54) is 4.88 Å². The van der Waals surface area contributed by atoms with E-state index in [0.29, 0.717) is 19.7 Å². The standard InChI is InChI=1S/C12H20N2O2S/c1-3-10(11-5-4-8-17-11)14-9-12(15)13-6-7-16-2/h4-5,8,10,14H,3,6-7,9H2,1-2H3,(H,13,15). The van der Waals surface area contributed by atoms with Crippen molar-refractivity contribution in [3.8, 4) is 0 Å². The monoisotopic (exact) mass is 256 g/mol. The summed E-state index contributed by atoms with van der Waals surface area (Å²) in [6, 6.07) is 4.39. The van der Waals surface area contributed by atoms with Crippen molar-refractivity contribution in [1.29, 1.82) is 0 Å². The number of nitrogens with one attached hydrogen (secondary N) is 2. The Kier molecular flexibility index (Phi) is 6.84. The van der Waals surface area contributed by atoms with Crippen LogP contribution >= 0.6 is 11.3 Å². The van der Waals surface area contributed by atoms with Gasteiger partial charge in [-0.25, -0.2) is 0 Å². The van der Waals surface area contributed by atoms with Crippen LogP contribution in [0.2, 0.25) is 0 Å². The Morgan fingerprint density at radius 2 is 2.41 bits per heavy atom. The number of thiophene rings is 1. The summed E-state index contributed by atoms with van der Waals surface area (Å²) >= 11 is 1.71. The van der Waals surface area contributed by atoms with Crippen molar-refractivity contribution in [3.63, 3.8) is 0 Å². The van der Waals surface area contributed by atoms with Gasteiger partial charge in [0.15, 0.2) is 0 Å². The van der Waals surface area contributed by atoms with E-state index < -0.39 is 0 Å². The zero-order chi connectivity index (χ0) is 12.5. The molecule has 1 aromatic heterocycles. The lowest BCUT2D eigenvalue weighted by molar-refractivity contribution is -0.120. The zero-order valence-electron chi connectivity index (χ0n) is 10.4. The Bertz CT molecular complexity index is 314. The predicted molar refractivity (Wildman–Crippen MR) is 70.2 cm³/mol. The Hall–Kier alpha value is -0.910. The summed E-state index contributed by atoms with van der Waals surface area (Å²) in [5.41, 5.74) is 0. The summed E-state index contributed by atoms with van der Waals surface area (Å²) in [6.45, 7) is 3.57. The van der Waals surface area contributed by atoms with Gasteiger partial charge < -0.3 is 15.4 Å². The predicted octanol–water partition coefficient (Wildman–Crippen LogP) is 1.55. The second-order valence-corrected chi connectivity index (χ2v) is 4.68. The molecule has 1 aromatic rings. The quantitative estimate of drug-likeness (QED) is 0.694. The minimum atomic E-state index is 0.0112. The van der Waals surface area contributed by atoms with Crippen molar-refractivity contribution >= 4 is 17.2 Å². The van der Waals surface area contributed by atoms with Crippen molar-refractivity contribution in [2.45, 2.75) is 19.4 Å². The lowest BCUT2D eigenvalue weighted by Gasteiger charge is -2.15. The molecule has 1 heterocycles. The summed E-state index contributed by atoms with van der Waals surface area (Å²) in [5, 5.41) is 8.10. The van der Waals surface area contributed by atoms with Gasteiger partial charge >= 0.3 is 0 Å². The van der Waals surface area contributed by atoms with E-state index in [1.54, 1.807) is 18.4 Å². The average molecular weight is 256 g/mol. The van der Waals surface area contributed by atoms with E-state index in [2.05, 4.69) is 29.0 Å². The van der Waals surface area contributed by atoms with Gasteiger partial charge in [0.05, 0.1) is 13.2 Å². The molecule has 0 aliphatic heterocycles. The van der Waals surface area contributed by atoms with Gasteiger partial charge in [-0.1, -0.05) is 13.0 Å². The fraction of sp³-hybridized carbons (Fsp3) is 0.583. The molecule has 0 radical (unpaired) electrons. The highest BCUT2D eigenvalue weighted by atomic mass is 32.1. The molecule has 0 bridgehead atoms. The van der Waals surface area contributed by atoms with Gasteiger partial charge in [0.2, 0.25) is 5.91 Å². The molecule has 96 valence electrons. The van der Waals surface area contributed by atoms with Crippen LogP contribution in [-0.4, -0.2) is 32.7 Å². The van der Waals surface area contributed by atoms with Gasteiger partial charge in [-0.05, 0) is 17.9 Å². The van der Waals surface area contributed by atoms with Crippen LogP contribution in [0, 0.1) is 0 Å². The fourth-order valence-corrected chi connectivity index (χ4v) is 2.39. The first-order chi connectivity index (χ1) is 8.27. The zero-order valence-corrected chi connectivity index (χ0v) is 11.2. The molecule has 0 aliphatic carbocycles. The smallest absolute Gasteiger partial charge is 0.234 e.